The summed E-state index contributed by atoms with van der Waals surface area (Å²) in [5.41, 5.74) is 2.80. The Balaban J connectivity index is 1.36. The van der Waals surface area contributed by atoms with Crippen LogP contribution in [0.3, 0.4) is 0 Å². The molecule has 4 heterocycles. The first-order chi connectivity index (χ1) is 14.0. The number of pyridine rings is 1. The lowest BCUT2D eigenvalue weighted by molar-refractivity contribution is 0.0689. The first-order valence-electron chi connectivity index (χ1n) is 9.85. The molecule has 3 aromatic heterocycles. The smallest absolute Gasteiger partial charge is 0.338 e. The predicted molar refractivity (Wildman–Crippen MR) is 102 cm³/mol. The minimum Gasteiger partial charge on any atom is -0.478 e. The number of carboxylic acids is 1. The SMILES string of the molecule is Cc1noc2nc(C3CC3)cc(C(=O)N3CCC(n4cc(C(=O)O)cn4)CC3)c12. The molecule has 1 aliphatic heterocycles. The van der Waals surface area contributed by atoms with Crippen LogP contribution >= 0.6 is 0 Å². The molecule has 1 saturated heterocycles. The summed E-state index contributed by atoms with van der Waals surface area (Å²) in [4.78, 5) is 30.8. The van der Waals surface area contributed by atoms with Gasteiger partial charge in [-0.1, -0.05) is 5.16 Å². The monoisotopic (exact) mass is 395 g/mol. The van der Waals surface area contributed by atoms with Crippen LogP contribution in [-0.2, 0) is 0 Å². The highest BCUT2D eigenvalue weighted by Crippen LogP contribution is 2.40. The average molecular weight is 395 g/mol. The summed E-state index contributed by atoms with van der Waals surface area (Å²) >= 11 is 0. The molecule has 5 rings (SSSR count). The first kappa shape index (κ1) is 17.8. The number of likely N-dealkylation sites (tertiary alicyclic amines) is 1. The van der Waals surface area contributed by atoms with Crippen LogP contribution < -0.4 is 0 Å². The maximum absolute atomic E-state index is 13.3. The van der Waals surface area contributed by atoms with Gasteiger partial charge in [-0.2, -0.15) is 5.10 Å². The predicted octanol–water partition coefficient (Wildman–Crippen LogP) is 2.78. The molecule has 1 amide bonds. The van der Waals surface area contributed by atoms with Crippen molar-refractivity contribution in [3.8, 4) is 0 Å². The Hall–Kier alpha value is -3.23. The number of rotatable bonds is 4. The van der Waals surface area contributed by atoms with Crippen molar-refractivity contribution >= 4 is 23.0 Å². The van der Waals surface area contributed by atoms with Crippen LogP contribution in [0.4, 0.5) is 0 Å². The van der Waals surface area contributed by atoms with Crippen LogP contribution in [0.5, 0.6) is 0 Å². The fourth-order valence-electron chi connectivity index (χ4n) is 4.02. The summed E-state index contributed by atoms with van der Waals surface area (Å²) in [5.74, 6) is -0.609. The van der Waals surface area contributed by atoms with E-state index in [1.807, 2.05) is 17.9 Å². The Morgan fingerprint density at radius 3 is 2.62 bits per heavy atom. The summed E-state index contributed by atoms with van der Waals surface area (Å²) in [6.07, 6.45) is 6.54. The Kier molecular flexibility index (Phi) is 4.11. The van der Waals surface area contributed by atoms with Crippen LogP contribution in [0, 0.1) is 6.92 Å². The highest BCUT2D eigenvalue weighted by molar-refractivity contribution is 6.06. The largest absolute Gasteiger partial charge is 0.478 e. The Morgan fingerprint density at radius 2 is 1.97 bits per heavy atom. The fourth-order valence-corrected chi connectivity index (χ4v) is 4.02. The van der Waals surface area contributed by atoms with Gasteiger partial charge < -0.3 is 14.5 Å². The van der Waals surface area contributed by atoms with E-state index in [1.54, 1.807) is 10.9 Å². The van der Waals surface area contributed by atoms with Crippen molar-refractivity contribution in [3.63, 3.8) is 0 Å². The van der Waals surface area contributed by atoms with Crippen molar-refractivity contribution in [3.05, 3.63) is 41.0 Å². The molecule has 150 valence electrons. The van der Waals surface area contributed by atoms with Crippen LogP contribution in [0.15, 0.2) is 23.0 Å². The summed E-state index contributed by atoms with van der Waals surface area (Å²) < 4.78 is 7.05. The lowest BCUT2D eigenvalue weighted by atomic mass is 10.0. The quantitative estimate of drug-likeness (QED) is 0.722. The number of fused-ring (bicyclic) bond motifs is 1. The molecule has 2 aliphatic rings. The van der Waals surface area contributed by atoms with Crippen molar-refractivity contribution in [1.82, 2.24) is 24.8 Å². The zero-order chi connectivity index (χ0) is 20.1. The third-order valence-corrected chi connectivity index (χ3v) is 5.84. The zero-order valence-electron chi connectivity index (χ0n) is 16.0. The van der Waals surface area contributed by atoms with E-state index in [-0.39, 0.29) is 17.5 Å². The second-order valence-corrected chi connectivity index (χ2v) is 7.85. The number of aryl methyl sites for hydroxylation is 1. The van der Waals surface area contributed by atoms with Crippen molar-refractivity contribution < 1.29 is 19.2 Å². The van der Waals surface area contributed by atoms with Gasteiger partial charge in [-0.25, -0.2) is 9.78 Å². The number of hydrogen-bond acceptors (Lipinski definition) is 6. The standard InChI is InChI=1S/C20H21N5O4/c1-11-17-15(8-16(12-2-3-12)22-18(17)29-23-11)19(26)24-6-4-14(5-7-24)25-10-13(9-21-25)20(27)28/h8-10,12,14H,2-7H2,1H3,(H,27,28). The molecule has 0 radical (unpaired) electrons. The molecule has 1 aliphatic carbocycles. The molecule has 0 spiro atoms. The van der Waals surface area contributed by atoms with Gasteiger partial charge in [-0.15, -0.1) is 0 Å². The van der Waals surface area contributed by atoms with E-state index in [2.05, 4.69) is 15.2 Å². The van der Waals surface area contributed by atoms with Crippen LogP contribution in [-0.4, -0.2) is 54.9 Å². The molecule has 2 fully saturated rings. The van der Waals surface area contributed by atoms with E-state index >= 15 is 0 Å². The number of piperidine rings is 1. The second-order valence-electron chi connectivity index (χ2n) is 7.85. The van der Waals surface area contributed by atoms with Gasteiger partial charge in [0.15, 0.2) is 0 Å². The topological polar surface area (TPSA) is 114 Å². The van der Waals surface area contributed by atoms with E-state index in [1.165, 1.54) is 6.20 Å². The number of carbonyl (C=O) groups excluding carboxylic acids is 1. The Morgan fingerprint density at radius 1 is 1.21 bits per heavy atom. The van der Waals surface area contributed by atoms with Gasteiger partial charge in [0, 0.05) is 30.9 Å². The van der Waals surface area contributed by atoms with Crippen LogP contribution in [0.25, 0.3) is 11.1 Å². The first-order valence-corrected chi connectivity index (χ1v) is 9.85. The fraction of sp³-hybridized carbons (Fsp3) is 0.450. The molecule has 1 saturated carbocycles. The number of carboxylic acid groups (broad SMARTS) is 1. The number of aromatic carboxylic acids is 1. The van der Waals surface area contributed by atoms with Gasteiger partial charge in [0.2, 0.25) is 0 Å². The number of aromatic nitrogens is 4. The normalized spacial score (nSPS) is 17.8. The molecule has 3 aromatic rings. The molecule has 29 heavy (non-hydrogen) atoms. The Bertz CT molecular complexity index is 1110. The molecular formula is C20H21N5O4. The highest BCUT2D eigenvalue weighted by atomic mass is 16.5. The second kappa shape index (κ2) is 6.68. The molecule has 0 unspecified atom stereocenters. The van der Waals surface area contributed by atoms with Gasteiger partial charge in [0.25, 0.3) is 11.6 Å². The summed E-state index contributed by atoms with van der Waals surface area (Å²) in [6.45, 7) is 2.99. The van der Waals surface area contributed by atoms with E-state index in [0.717, 1.165) is 31.4 Å². The van der Waals surface area contributed by atoms with E-state index in [9.17, 15) is 9.59 Å². The van der Waals surface area contributed by atoms with Crippen molar-refractivity contribution in [2.45, 2.75) is 44.6 Å². The van der Waals surface area contributed by atoms with Crippen molar-refractivity contribution in [2.24, 2.45) is 0 Å². The van der Waals surface area contributed by atoms with Gasteiger partial charge >= 0.3 is 5.97 Å². The molecular weight excluding hydrogens is 374 g/mol. The number of nitrogens with zero attached hydrogens (tertiary/aromatic N) is 5. The van der Waals surface area contributed by atoms with Gasteiger partial charge in [0.1, 0.15) is 0 Å². The maximum atomic E-state index is 13.3. The Labute approximate surface area is 166 Å². The number of amides is 1. The van der Waals surface area contributed by atoms with Crippen LogP contribution in [0.1, 0.15) is 69.7 Å². The molecule has 0 atom stereocenters. The van der Waals surface area contributed by atoms with Crippen molar-refractivity contribution in [2.75, 3.05) is 13.1 Å². The van der Waals surface area contributed by atoms with Gasteiger partial charge in [-0.05, 0) is 38.7 Å². The highest BCUT2D eigenvalue weighted by Gasteiger charge is 2.31. The van der Waals surface area contributed by atoms with E-state index < -0.39 is 5.97 Å². The minimum atomic E-state index is -0.985. The third kappa shape index (κ3) is 3.16. The van der Waals surface area contributed by atoms with Gasteiger partial charge in [0.05, 0.1) is 34.4 Å². The van der Waals surface area contributed by atoms with E-state index in [4.69, 9.17) is 9.63 Å². The molecule has 0 bridgehead atoms. The summed E-state index contributed by atoms with van der Waals surface area (Å²) in [5, 5.41) is 17.9. The lowest BCUT2D eigenvalue weighted by Crippen LogP contribution is -2.39. The minimum absolute atomic E-state index is 0.0317. The number of hydrogen-bond donors (Lipinski definition) is 1. The third-order valence-electron chi connectivity index (χ3n) is 5.84. The molecule has 9 nitrogen and oxygen atoms in total. The molecule has 9 heteroatoms. The molecule has 0 aromatic carbocycles. The maximum Gasteiger partial charge on any atom is 0.338 e. The van der Waals surface area contributed by atoms with Gasteiger partial charge in [-0.3, -0.25) is 9.48 Å². The summed E-state index contributed by atoms with van der Waals surface area (Å²) in [6, 6.07) is 1.99. The van der Waals surface area contributed by atoms with Crippen LogP contribution in [0.2, 0.25) is 0 Å². The lowest BCUT2D eigenvalue weighted by Gasteiger charge is -2.32. The summed E-state index contributed by atoms with van der Waals surface area (Å²) in [7, 11) is 0. The molecule has 1 N–H and O–H groups in total. The van der Waals surface area contributed by atoms with E-state index in [0.29, 0.717) is 41.4 Å². The average Bonchev–Trinajstić information content (AvgIpc) is 3.34. The number of carbonyl (C=O) groups is 2. The zero-order valence-corrected chi connectivity index (χ0v) is 16.0. The van der Waals surface area contributed by atoms with Crippen molar-refractivity contribution in [1.29, 1.82) is 0 Å².